The Bertz CT molecular complexity index is 704. The van der Waals surface area contributed by atoms with Gasteiger partial charge in [-0.1, -0.05) is 9.95 Å². The predicted octanol–water partition coefficient (Wildman–Crippen LogP) is 1.35. The third-order valence-corrected chi connectivity index (χ3v) is 4.80. The van der Waals surface area contributed by atoms with Gasteiger partial charge in [0, 0.05) is 6.54 Å². The van der Waals surface area contributed by atoms with Gasteiger partial charge in [-0.3, -0.25) is 0 Å². The number of nitrogens with two attached hydrogens (primary N) is 1. The summed E-state index contributed by atoms with van der Waals surface area (Å²) < 4.78 is 50.8. The summed E-state index contributed by atoms with van der Waals surface area (Å²) >= 11 is 0. The lowest BCUT2D eigenvalue weighted by Crippen LogP contribution is -2.41. The molecule has 2 rings (SSSR count). The summed E-state index contributed by atoms with van der Waals surface area (Å²) in [6, 6.07) is 3.14. The van der Waals surface area contributed by atoms with Crippen LogP contribution in [0.3, 0.4) is 0 Å². The molecule has 6 nitrogen and oxygen atoms in total. The molecule has 0 spiro atoms. The molecular formula is C14H21BFNO5S. The molecule has 1 aromatic rings. The molecule has 1 aliphatic rings. The Kier molecular flexibility index (Phi) is 4.53. The molecule has 0 radical (unpaired) electrons. The van der Waals surface area contributed by atoms with E-state index < -0.39 is 28.8 Å². The van der Waals surface area contributed by atoms with Crippen molar-refractivity contribution in [2.75, 3.05) is 0 Å². The highest BCUT2D eigenvalue weighted by Gasteiger charge is 2.51. The fourth-order valence-corrected chi connectivity index (χ4v) is 2.68. The molecule has 1 fully saturated rings. The smallest absolute Gasteiger partial charge is 0.399 e. The van der Waals surface area contributed by atoms with Gasteiger partial charge in [0.25, 0.3) is 0 Å². The molecule has 1 aliphatic heterocycles. The van der Waals surface area contributed by atoms with Crippen molar-refractivity contribution in [3.63, 3.8) is 0 Å². The zero-order chi connectivity index (χ0) is 17.6. The van der Waals surface area contributed by atoms with Crippen molar-refractivity contribution in [3.8, 4) is 5.75 Å². The standard InChI is InChI=1S/C14H21BFNO5S/c1-9-10(8-17)6-11(7-12(9)20-23(16,18)19)15-21-13(2,3)14(4,5)22-15/h6-7H,8,17H2,1-5H3. The van der Waals surface area contributed by atoms with Crippen molar-refractivity contribution in [1.82, 2.24) is 0 Å². The Morgan fingerprint density at radius 2 is 1.74 bits per heavy atom. The van der Waals surface area contributed by atoms with Gasteiger partial charge in [-0.05, 0) is 57.3 Å². The van der Waals surface area contributed by atoms with Crippen LogP contribution >= 0.6 is 0 Å². The lowest BCUT2D eigenvalue weighted by Gasteiger charge is -2.32. The van der Waals surface area contributed by atoms with Gasteiger partial charge < -0.3 is 19.2 Å². The normalized spacial score (nSPS) is 19.9. The molecular weight excluding hydrogens is 324 g/mol. The zero-order valence-electron chi connectivity index (χ0n) is 13.8. The molecule has 1 heterocycles. The van der Waals surface area contributed by atoms with E-state index in [0.29, 0.717) is 16.6 Å². The molecule has 0 unspecified atom stereocenters. The first-order chi connectivity index (χ1) is 10.4. The number of hydrogen-bond acceptors (Lipinski definition) is 6. The summed E-state index contributed by atoms with van der Waals surface area (Å²) in [6.45, 7) is 9.34. The maximum absolute atomic E-state index is 12.9. The van der Waals surface area contributed by atoms with Crippen molar-refractivity contribution < 1.29 is 25.8 Å². The second-order valence-electron chi connectivity index (χ2n) is 6.57. The van der Waals surface area contributed by atoms with Crippen LogP contribution in [0.1, 0.15) is 38.8 Å². The van der Waals surface area contributed by atoms with E-state index in [1.165, 1.54) is 6.07 Å². The van der Waals surface area contributed by atoms with Gasteiger partial charge >= 0.3 is 17.6 Å². The first kappa shape index (κ1) is 18.2. The molecule has 0 bridgehead atoms. The first-order valence-corrected chi connectivity index (χ1v) is 8.50. The molecule has 0 aliphatic carbocycles. The van der Waals surface area contributed by atoms with Crippen LogP contribution in [-0.4, -0.2) is 26.7 Å². The summed E-state index contributed by atoms with van der Waals surface area (Å²) in [4.78, 5) is 0. The predicted molar refractivity (Wildman–Crippen MR) is 85.4 cm³/mol. The van der Waals surface area contributed by atoms with Gasteiger partial charge in [-0.15, -0.1) is 0 Å². The molecule has 0 amide bonds. The van der Waals surface area contributed by atoms with E-state index in [0.717, 1.165) is 0 Å². The molecule has 9 heteroatoms. The molecule has 23 heavy (non-hydrogen) atoms. The van der Waals surface area contributed by atoms with Crippen molar-refractivity contribution in [1.29, 1.82) is 0 Å². The third-order valence-electron chi connectivity index (χ3n) is 4.42. The monoisotopic (exact) mass is 345 g/mol. The lowest BCUT2D eigenvalue weighted by atomic mass is 9.77. The average Bonchev–Trinajstić information content (AvgIpc) is 2.59. The van der Waals surface area contributed by atoms with Gasteiger partial charge in [-0.25, -0.2) is 0 Å². The summed E-state index contributed by atoms with van der Waals surface area (Å²) in [5, 5.41) is 0. The largest absolute Gasteiger partial charge is 0.494 e. The van der Waals surface area contributed by atoms with E-state index in [2.05, 4.69) is 4.18 Å². The van der Waals surface area contributed by atoms with Gasteiger partial charge in [0.2, 0.25) is 0 Å². The Balaban J connectivity index is 2.46. The number of halogens is 1. The molecule has 2 N–H and O–H groups in total. The second kappa shape index (κ2) is 5.73. The van der Waals surface area contributed by atoms with E-state index in [1.54, 1.807) is 13.0 Å². The number of hydrogen-bond donors (Lipinski definition) is 1. The van der Waals surface area contributed by atoms with Crippen molar-refractivity contribution in [2.24, 2.45) is 5.73 Å². The van der Waals surface area contributed by atoms with Gasteiger partial charge in [0.1, 0.15) is 5.75 Å². The fraction of sp³-hybridized carbons (Fsp3) is 0.571. The summed E-state index contributed by atoms with van der Waals surface area (Å²) in [5.74, 6) is -0.125. The minimum Gasteiger partial charge on any atom is -0.399 e. The summed E-state index contributed by atoms with van der Waals surface area (Å²) in [6.07, 6.45) is 0. The zero-order valence-corrected chi connectivity index (χ0v) is 14.7. The SMILES string of the molecule is Cc1c(CN)cc(B2OC(C)(C)C(C)(C)O2)cc1OS(=O)(=O)F. The maximum atomic E-state index is 12.9. The Hall–Kier alpha value is -1.16. The highest BCUT2D eigenvalue weighted by atomic mass is 32.3. The topological polar surface area (TPSA) is 87.8 Å². The summed E-state index contributed by atoms with van der Waals surface area (Å²) in [5.41, 5.74) is 6.16. The Morgan fingerprint density at radius 3 is 2.17 bits per heavy atom. The number of rotatable bonds is 4. The van der Waals surface area contributed by atoms with Gasteiger partial charge in [0.15, 0.2) is 0 Å². The van der Waals surface area contributed by atoms with Crippen molar-refractivity contribution >= 4 is 23.1 Å². The first-order valence-electron chi connectivity index (χ1n) is 7.19. The molecule has 1 saturated heterocycles. The third kappa shape index (κ3) is 3.68. The van der Waals surface area contributed by atoms with E-state index in [-0.39, 0.29) is 12.3 Å². The minimum absolute atomic E-state index is 0.125. The number of benzene rings is 1. The molecule has 0 saturated carbocycles. The quantitative estimate of drug-likeness (QED) is 0.655. The minimum atomic E-state index is -5.13. The summed E-state index contributed by atoms with van der Waals surface area (Å²) in [7, 11) is -5.86. The van der Waals surface area contributed by atoms with Crippen LogP contribution < -0.4 is 15.4 Å². The van der Waals surface area contributed by atoms with Crippen LogP contribution in [0.15, 0.2) is 12.1 Å². The van der Waals surface area contributed by atoms with E-state index in [9.17, 15) is 12.3 Å². The van der Waals surface area contributed by atoms with Crippen molar-refractivity contribution in [2.45, 2.75) is 52.4 Å². The van der Waals surface area contributed by atoms with Crippen LogP contribution in [0, 0.1) is 6.92 Å². The van der Waals surface area contributed by atoms with E-state index >= 15 is 0 Å². The average molecular weight is 345 g/mol. The van der Waals surface area contributed by atoms with Crippen LogP contribution in [0.4, 0.5) is 3.89 Å². The molecule has 128 valence electrons. The Labute approximate surface area is 136 Å². The highest BCUT2D eigenvalue weighted by molar-refractivity contribution is 7.81. The molecule has 0 atom stereocenters. The van der Waals surface area contributed by atoms with Gasteiger partial charge in [0.05, 0.1) is 11.2 Å². The lowest BCUT2D eigenvalue weighted by molar-refractivity contribution is 0.00578. The highest BCUT2D eigenvalue weighted by Crippen LogP contribution is 2.37. The maximum Gasteiger partial charge on any atom is 0.494 e. The Morgan fingerprint density at radius 1 is 1.22 bits per heavy atom. The van der Waals surface area contributed by atoms with Crippen LogP contribution in [0.2, 0.25) is 0 Å². The van der Waals surface area contributed by atoms with Crippen molar-refractivity contribution in [3.05, 3.63) is 23.3 Å². The van der Waals surface area contributed by atoms with E-state index in [4.69, 9.17) is 15.0 Å². The van der Waals surface area contributed by atoms with Crippen LogP contribution in [0.25, 0.3) is 0 Å². The van der Waals surface area contributed by atoms with Crippen LogP contribution in [0.5, 0.6) is 5.75 Å². The molecule has 1 aromatic carbocycles. The van der Waals surface area contributed by atoms with E-state index in [1.807, 2.05) is 27.7 Å². The fourth-order valence-electron chi connectivity index (χ4n) is 2.29. The molecule has 0 aromatic heterocycles. The van der Waals surface area contributed by atoms with Crippen LogP contribution in [-0.2, 0) is 26.4 Å². The van der Waals surface area contributed by atoms with Gasteiger partial charge in [-0.2, -0.15) is 8.42 Å². The second-order valence-corrected chi connectivity index (χ2v) is 7.52.